The topological polar surface area (TPSA) is 37.8 Å². The number of halogens is 3. The highest BCUT2D eigenvalue weighted by Gasteiger charge is 2.17. The van der Waals surface area contributed by atoms with Crippen LogP contribution in [0.1, 0.15) is 18.4 Å². The molecule has 0 saturated carbocycles. The van der Waals surface area contributed by atoms with Crippen LogP contribution in [0, 0.1) is 11.6 Å². The second-order valence-electron chi connectivity index (χ2n) is 3.92. The van der Waals surface area contributed by atoms with Crippen LogP contribution in [-0.4, -0.2) is 16.7 Å². The summed E-state index contributed by atoms with van der Waals surface area (Å²) in [5.74, 6) is -1.29. The largest absolute Gasteiger partial charge is 0.310 e. The number of aromatic nitrogens is 2. The molecule has 1 heterocycles. The summed E-state index contributed by atoms with van der Waals surface area (Å²) in [7, 11) is 0. The summed E-state index contributed by atoms with van der Waals surface area (Å²) >= 11 is 4.23. The number of hydrogen-bond donors (Lipinski definition) is 1. The van der Waals surface area contributed by atoms with Gasteiger partial charge in [0.25, 0.3) is 0 Å². The zero-order chi connectivity index (χ0) is 13.8. The van der Waals surface area contributed by atoms with Crippen LogP contribution in [0.15, 0.2) is 16.6 Å². The van der Waals surface area contributed by atoms with Gasteiger partial charge in [-0.05, 0) is 25.1 Å². The number of benzene rings is 1. The van der Waals surface area contributed by atoms with Crippen LogP contribution in [-0.2, 0) is 6.54 Å². The molecule has 1 aromatic carbocycles. The third kappa shape index (κ3) is 3.55. The van der Waals surface area contributed by atoms with E-state index in [1.165, 1.54) is 23.5 Å². The molecule has 0 radical (unpaired) electrons. The van der Waals surface area contributed by atoms with Gasteiger partial charge in [-0.25, -0.2) is 8.78 Å². The van der Waals surface area contributed by atoms with Gasteiger partial charge in [0.15, 0.2) is 5.01 Å². The van der Waals surface area contributed by atoms with Gasteiger partial charge in [0.1, 0.15) is 16.6 Å². The predicted molar refractivity (Wildman–Crippen MR) is 75.0 cm³/mol. The van der Waals surface area contributed by atoms with E-state index in [0.29, 0.717) is 16.0 Å². The van der Waals surface area contributed by atoms with Crippen molar-refractivity contribution in [1.29, 1.82) is 0 Å². The van der Waals surface area contributed by atoms with Crippen molar-refractivity contribution < 1.29 is 8.78 Å². The molecular weight excluding hydrogens is 336 g/mol. The van der Waals surface area contributed by atoms with Crippen LogP contribution >= 0.6 is 27.3 Å². The Balaban J connectivity index is 2.23. The van der Waals surface area contributed by atoms with E-state index in [2.05, 4.69) is 38.4 Å². The van der Waals surface area contributed by atoms with Crippen molar-refractivity contribution in [2.45, 2.75) is 19.9 Å². The van der Waals surface area contributed by atoms with Crippen LogP contribution < -0.4 is 5.32 Å². The van der Waals surface area contributed by atoms with E-state index in [0.717, 1.165) is 13.0 Å². The maximum atomic E-state index is 13.8. The smallest absolute Gasteiger partial charge is 0.153 e. The molecule has 0 bridgehead atoms. The quantitative estimate of drug-likeness (QED) is 0.837. The molecule has 19 heavy (non-hydrogen) atoms. The molecule has 0 amide bonds. The Hall–Kier alpha value is -0.920. The molecule has 0 aliphatic carbocycles. The molecule has 0 spiro atoms. The lowest BCUT2D eigenvalue weighted by molar-refractivity contribution is 0.587. The van der Waals surface area contributed by atoms with Gasteiger partial charge < -0.3 is 5.32 Å². The zero-order valence-electron chi connectivity index (χ0n) is 10.2. The van der Waals surface area contributed by atoms with Crippen molar-refractivity contribution in [2.75, 3.05) is 6.54 Å². The van der Waals surface area contributed by atoms with E-state index >= 15 is 0 Å². The molecule has 2 aromatic rings. The molecule has 2 rings (SSSR count). The molecule has 0 aliphatic heterocycles. The molecule has 3 nitrogen and oxygen atoms in total. The number of hydrogen-bond acceptors (Lipinski definition) is 4. The van der Waals surface area contributed by atoms with E-state index < -0.39 is 11.6 Å². The summed E-state index contributed by atoms with van der Waals surface area (Å²) in [5.41, 5.74) is -0.123. The van der Waals surface area contributed by atoms with Crippen molar-refractivity contribution in [2.24, 2.45) is 0 Å². The maximum absolute atomic E-state index is 13.8. The minimum Gasteiger partial charge on any atom is -0.310 e. The number of rotatable bonds is 5. The van der Waals surface area contributed by atoms with Gasteiger partial charge in [-0.1, -0.05) is 34.2 Å². The monoisotopic (exact) mass is 347 g/mol. The Morgan fingerprint density at radius 3 is 2.58 bits per heavy atom. The van der Waals surface area contributed by atoms with E-state index in [1.54, 1.807) is 0 Å². The Morgan fingerprint density at radius 1 is 1.26 bits per heavy atom. The maximum Gasteiger partial charge on any atom is 0.153 e. The van der Waals surface area contributed by atoms with E-state index in [1.807, 2.05) is 0 Å². The summed E-state index contributed by atoms with van der Waals surface area (Å²) in [5, 5.41) is 11.9. The first-order chi connectivity index (χ1) is 9.11. The van der Waals surface area contributed by atoms with Gasteiger partial charge in [-0.2, -0.15) is 0 Å². The first kappa shape index (κ1) is 14.5. The molecule has 0 atom stereocenters. The fourth-order valence-electron chi connectivity index (χ4n) is 1.54. The Kier molecular flexibility index (Phi) is 4.95. The molecule has 0 fully saturated rings. The van der Waals surface area contributed by atoms with Gasteiger partial charge >= 0.3 is 0 Å². The highest BCUT2D eigenvalue weighted by molar-refractivity contribution is 9.10. The third-order valence-corrected chi connectivity index (χ3v) is 3.79. The lowest BCUT2D eigenvalue weighted by Crippen LogP contribution is -2.13. The molecule has 0 unspecified atom stereocenters. The Morgan fingerprint density at radius 2 is 1.95 bits per heavy atom. The second-order valence-corrected chi connectivity index (χ2v) is 5.90. The lowest BCUT2D eigenvalue weighted by Gasteiger charge is -2.01. The normalized spacial score (nSPS) is 10.9. The molecular formula is C12H12BrF2N3S. The minimum absolute atomic E-state index is 0.123. The summed E-state index contributed by atoms with van der Waals surface area (Å²) < 4.78 is 27.9. The highest BCUT2D eigenvalue weighted by Crippen LogP contribution is 2.30. The van der Waals surface area contributed by atoms with Crippen LogP contribution in [0.3, 0.4) is 0 Å². The van der Waals surface area contributed by atoms with Crippen molar-refractivity contribution in [3.05, 3.63) is 33.2 Å². The first-order valence-corrected chi connectivity index (χ1v) is 7.40. The van der Waals surface area contributed by atoms with E-state index in [-0.39, 0.29) is 10.6 Å². The third-order valence-electron chi connectivity index (χ3n) is 2.39. The highest BCUT2D eigenvalue weighted by atomic mass is 79.9. The Labute approximate surface area is 122 Å². The first-order valence-electron chi connectivity index (χ1n) is 5.79. The fraction of sp³-hybridized carbons (Fsp3) is 0.333. The van der Waals surface area contributed by atoms with Crippen molar-refractivity contribution in [3.8, 4) is 10.6 Å². The van der Waals surface area contributed by atoms with Gasteiger partial charge in [0.05, 0.1) is 5.56 Å². The summed E-state index contributed by atoms with van der Waals surface area (Å²) in [4.78, 5) is 0. The van der Waals surface area contributed by atoms with Gasteiger partial charge in [0.2, 0.25) is 0 Å². The minimum atomic E-state index is -0.643. The average Bonchev–Trinajstić information content (AvgIpc) is 2.76. The molecule has 0 aliphatic rings. The molecule has 7 heteroatoms. The predicted octanol–water partition coefficient (Wildman–Crippen LogP) is 3.75. The van der Waals surface area contributed by atoms with E-state index in [9.17, 15) is 8.78 Å². The molecule has 0 saturated heterocycles. The van der Waals surface area contributed by atoms with Crippen molar-refractivity contribution in [1.82, 2.24) is 15.5 Å². The average molecular weight is 348 g/mol. The van der Waals surface area contributed by atoms with Gasteiger partial charge in [-0.3, -0.25) is 0 Å². The van der Waals surface area contributed by atoms with Crippen LogP contribution in [0.4, 0.5) is 8.78 Å². The summed E-state index contributed by atoms with van der Waals surface area (Å²) in [6, 6.07) is 2.43. The van der Waals surface area contributed by atoms with Gasteiger partial charge in [0, 0.05) is 11.0 Å². The Bertz CT molecular complexity index is 551. The van der Waals surface area contributed by atoms with E-state index in [4.69, 9.17) is 0 Å². The summed E-state index contributed by atoms with van der Waals surface area (Å²) in [6.45, 7) is 3.49. The lowest BCUT2D eigenvalue weighted by atomic mass is 10.2. The number of nitrogens with one attached hydrogen (secondary N) is 1. The second kappa shape index (κ2) is 6.49. The standard InChI is InChI=1S/C12H12BrF2N3S/c1-2-3-16-6-10-17-18-12(19-10)11-8(14)4-7(13)5-9(11)15/h4-5,16H,2-3,6H2,1H3. The number of nitrogens with zero attached hydrogens (tertiary/aromatic N) is 2. The van der Waals surface area contributed by atoms with Crippen LogP contribution in [0.25, 0.3) is 10.6 Å². The van der Waals surface area contributed by atoms with Crippen LogP contribution in [0.5, 0.6) is 0 Å². The SMILES string of the molecule is CCCNCc1nnc(-c2c(F)cc(Br)cc2F)s1. The van der Waals surface area contributed by atoms with Gasteiger partial charge in [-0.15, -0.1) is 10.2 Å². The van der Waals surface area contributed by atoms with Crippen molar-refractivity contribution >= 4 is 27.3 Å². The van der Waals surface area contributed by atoms with Crippen molar-refractivity contribution in [3.63, 3.8) is 0 Å². The molecule has 1 aromatic heterocycles. The summed E-state index contributed by atoms with van der Waals surface area (Å²) in [6.07, 6.45) is 1.02. The zero-order valence-corrected chi connectivity index (χ0v) is 12.6. The molecule has 102 valence electrons. The molecule has 1 N–H and O–H groups in total. The van der Waals surface area contributed by atoms with Crippen LogP contribution in [0.2, 0.25) is 0 Å². The fourth-order valence-corrected chi connectivity index (χ4v) is 2.80.